The van der Waals surface area contributed by atoms with Crippen molar-refractivity contribution in [1.29, 1.82) is 0 Å². The van der Waals surface area contributed by atoms with E-state index in [1.165, 1.54) is 31.4 Å². The fraction of sp³-hybridized carbons (Fsp3) is 1.00. The molecule has 0 aromatic carbocycles. The van der Waals surface area contributed by atoms with Crippen LogP contribution in [0.3, 0.4) is 0 Å². The van der Waals surface area contributed by atoms with Gasteiger partial charge in [0, 0.05) is 6.04 Å². The van der Waals surface area contributed by atoms with Crippen molar-refractivity contribution in [3.8, 4) is 0 Å². The lowest BCUT2D eigenvalue weighted by Gasteiger charge is -2.40. The highest BCUT2D eigenvalue weighted by Gasteiger charge is 2.33. The van der Waals surface area contributed by atoms with Gasteiger partial charge >= 0.3 is 0 Å². The SMILES string of the molecule is CSCCC1CC(C(C)(C)C)CCC1N. The van der Waals surface area contributed by atoms with Crippen molar-refractivity contribution >= 4 is 11.8 Å². The molecule has 0 aromatic heterocycles. The van der Waals surface area contributed by atoms with E-state index in [1.54, 1.807) is 0 Å². The first-order valence-electron chi connectivity index (χ1n) is 6.19. The third-order valence-electron chi connectivity index (χ3n) is 3.96. The van der Waals surface area contributed by atoms with Crippen LogP contribution in [0.15, 0.2) is 0 Å². The Morgan fingerprint density at radius 1 is 1.27 bits per heavy atom. The average Bonchev–Trinajstić information content (AvgIpc) is 2.15. The van der Waals surface area contributed by atoms with Gasteiger partial charge in [-0.2, -0.15) is 11.8 Å². The van der Waals surface area contributed by atoms with Gasteiger partial charge in [-0.05, 0) is 54.9 Å². The Bertz CT molecular complexity index is 185. The predicted molar refractivity (Wildman–Crippen MR) is 71.3 cm³/mol. The fourth-order valence-corrected chi connectivity index (χ4v) is 3.21. The van der Waals surface area contributed by atoms with Crippen molar-refractivity contribution in [1.82, 2.24) is 0 Å². The molecule has 1 nitrogen and oxygen atoms in total. The molecule has 3 atom stereocenters. The van der Waals surface area contributed by atoms with Gasteiger partial charge in [0.2, 0.25) is 0 Å². The second kappa shape index (κ2) is 5.58. The minimum atomic E-state index is 0.468. The molecule has 1 fully saturated rings. The fourth-order valence-electron chi connectivity index (χ4n) is 2.68. The van der Waals surface area contributed by atoms with Gasteiger partial charge in [-0.3, -0.25) is 0 Å². The molecule has 0 aromatic rings. The molecular formula is C13H27NS. The lowest BCUT2D eigenvalue weighted by atomic mass is 9.67. The van der Waals surface area contributed by atoms with Gasteiger partial charge in [0.05, 0.1) is 0 Å². The number of rotatable bonds is 3. The summed E-state index contributed by atoms with van der Waals surface area (Å²) in [5.41, 5.74) is 6.69. The van der Waals surface area contributed by atoms with Crippen LogP contribution >= 0.6 is 11.8 Å². The summed E-state index contributed by atoms with van der Waals surface area (Å²) in [6.07, 6.45) is 7.43. The van der Waals surface area contributed by atoms with Gasteiger partial charge in [0.1, 0.15) is 0 Å². The van der Waals surface area contributed by atoms with Crippen molar-refractivity contribution in [2.24, 2.45) is 23.0 Å². The largest absolute Gasteiger partial charge is 0.327 e. The van der Waals surface area contributed by atoms with Crippen LogP contribution in [0.5, 0.6) is 0 Å². The van der Waals surface area contributed by atoms with Crippen LogP contribution in [-0.2, 0) is 0 Å². The first kappa shape index (κ1) is 13.4. The van der Waals surface area contributed by atoms with Gasteiger partial charge in [0.15, 0.2) is 0 Å². The number of hydrogen-bond donors (Lipinski definition) is 1. The van der Waals surface area contributed by atoms with Crippen LogP contribution in [-0.4, -0.2) is 18.1 Å². The van der Waals surface area contributed by atoms with E-state index >= 15 is 0 Å². The summed E-state index contributed by atoms with van der Waals surface area (Å²) in [6, 6.07) is 0.468. The van der Waals surface area contributed by atoms with Crippen LogP contribution in [0.4, 0.5) is 0 Å². The molecule has 3 unspecified atom stereocenters. The summed E-state index contributed by atoms with van der Waals surface area (Å²) in [4.78, 5) is 0. The van der Waals surface area contributed by atoms with Gasteiger partial charge < -0.3 is 5.73 Å². The minimum absolute atomic E-state index is 0.468. The number of nitrogens with two attached hydrogens (primary N) is 1. The average molecular weight is 229 g/mol. The summed E-state index contributed by atoms with van der Waals surface area (Å²) < 4.78 is 0. The Kier molecular flexibility index (Phi) is 4.98. The first-order chi connectivity index (χ1) is 6.95. The molecule has 2 heteroatoms. The summed E-state index contributed by atoms with van der Waals surface area (Å²) in [6.45, 7) is 7.13. The van der Waals surface area contributed by atoms with Crippen molar-refractivity contribution in [2.45, 2.75) is 52.5 Å². The van der Waals surface area contributed by atoms with Gasteiger partial charge in [-0.1, -0.05) is 20.8 Å². The van der Waals surface area contributed by atoms with Gasteiger partial charge in [0.25, 0.3) is 0 Å². The van der Waals surface area contributed by atoms with Crippen LogP contribution in [0.25, 0.3) is 0 Å². The van der Waals surface area contributed by atoms with Crippen molar-refractivity contribution in [3.63, 3.8) is 0 Å². The van der Waals surface area contributed by atoms with E-state index in [0.717, 1.165) is 11.8 Å². The molecule has 0 aliphatic heterocycles. The summed E-state index contributed by atoms with van der Waals surface area (Å²) >= 11 is 1.95. The lowest BCUT2D eigenvalue weighted by Crippen LogP contribution is -2.39. The zero-order valence-electron chi connectivity index (χ0n) is 10.8. The Morgan fingerprint density at radius 2 is 1.93 bits per heavy atom. The van der Waals surface area contributed by atoms with Gasteiger partial charge in [-0.25, -0.2) is 0 Å². The highest BCUT2D eigenvalue weighted by molar-refractivity contribution is 7.98. The van der Waals surface area contributed by atoms with E-state index in [0.29, 0.717) is 11.5 Å². The van der Waals surface area contributed by atoms with Crippen molar-refractivity contribution in [2.75, 3.05) is 12.0 Å². The van der Waals surface area contributed by atoms with E-state index < -0.39 is 0 Å². The monoisotopic (exact) mass is 229 g/mol. The van der Waals surface area contributed by atoms with Crippen LogP contribution in [0.1, 0.15) is 46.5 Å². The van der Waals surface area contributed by atoms with Crippen molar-refractivity contribution < 1.29 is 0 Å². The second-order valence-electron chi connectivity index (χ2n) is 6.08. The van der Waals surface area contributed by atoms with Crippen LogP contribution in [0.2, 0.25) is 0 Å². The predicted octanol–water partition coefficient (Wildman–Crippen LogP) is 3.53. The van der Waals surface area contributed by atoms with Crippen LogP contribution < -0.4 is 5.73 Å². The highest BCUT2D eigenvalue weighted by atomic mass is 32.2. The Morgan fingerprint density at radius 3 is 2.47 bits per heavy atom. The zero-order valence-corrected chi connectivity index (χ0v) is 11.6. The molecule has 90 valence electrons. The molecule has 0 bridgehead atoms. The van der Waals surface area contributed by atoms with E-state index in [-0.39, 0.29) is 0 Å². The topological polar surface area (TPSA) is 26.0 Å². The Balaban J connectivity index is 2.48. The van der Waals surface area contributed by atoms with Crippen molar-refractivity contribution in [3.05, 3.63) is 0 Å². The second-order valence-corrected chi connectivity index (χ2v) is 7.07. The molecule has 15 heavy (non-hydrogen) atoms. The van der Waals surface area contributed by atoms with E-state index in [1.807, 2.05) is 11.8 Å². The normalized spacial score (nSPS) is 33.0. The molecule has 0 radical (unpaired) electrons. The van der Waals surface area contributed by atoms with Gasteiger partial charge in [-0.15, -0.1) is 0 Å². The quantitative estimate of drug-likeness (QED) is 0.801. The molecule has 0 spiro atoms. The van der Waals surface area contributed by atoms with Crippen LogP contribution in [0, 0.1) is 17.3 Å². The Labute approximate surface area is 99.6 Å². The van der Waals surface area contributed by atoms with E-state index in [2.05, 4.69) is 27.0 Å². The standard InChI is InChI=1S/C13H27NS/c1-13(2,3)11-5-6-12(14)10(9-11)7-8-15-4/h10-12H,5-9,14H2,1-4H3. The maximum atomic E-state index is 6.22. The third-order valence-corrected chi connectivity index (χ3v) is 4.60. The molecule has 2 N–H and O–H groups in total. The summed E-state index contributed by atoms with van der Waals surface area (Å²) in [5.74, 6) is 2.93. The first-order valence-corrected chi connectivity index (χ1v) is 7.59. The number of hydrogen-bond acceptors (Lipinski definition) is 2. The molecule has 1 saturated carbocycles. The van der Waals surface area contributed by atoms with E-state index in [9.17, 15) is 0 Å². The molecule has 0 heterocycles. The lowest BCUT2D eigenvalue weighted by molar-refractivity contribution is 0.125. The minimum Gasteiger partial charge on any atom is -0.327 e. The third kappa shape index (κ3) is 3.99. The molecule has 0 saturated heterocycles. The Hall–Kier alpha value is 0.310. The number of thioether (sulfide) groups is 1. The molecule has 1 aliphatic rings. The molecular weight excluding hydrogens is 202 g/mol. The molecule has 1 aliphatic carbocycles. The maximum Gasteiger partial charge on any atom is 0.00676 e. The summed E-state index contributed by atoms with van der Waals surface area (Å²) in [5, 5.41) is 0. The molecule has 0 amide bonds. The zero-order chi connectivity index (χ0) is 11.5. The highest BCUT2D eigenvalue weighted by Crippen LogP contribution is 2.40. The smallest absolute Gasteiger partial charge is 0.00676 e. The van der Waals surface area contributed by atoms with E-state index in [4.69, 9.17) is 5.73 Å². The maximum absolute atomic E-state index is 6.22. The summed E-state index contributed by atoms with van der Waals surface area (Å²) in [7, 11) is 0. The molecule has 1 rings (SSSR count).